The maximum absolute atomic E-state index is 12.8. The van der Waals surface area contributed by atoms with E-state index in [1.165, 1.54) is 0 Å². The molecule has 1 saturated heterocycles. The molecule has 1 fully saturated rings. The van der Waals surface area contributed by atoms with Crippen LogP contribution < -0.4 is 0 Å². The minimum atomic E-state index is -0.0700. The summed E-state index contributed by atoms with van der Waals surface area (Å²) in [4.78, 5) is 18.8. The van der Waals surface area contributed by atoms with Crippen LogP contribution in [0.25, 0.3) is 10.9 Å². The van der Waals surface area contributed by atoms with Gasteiger partial charge in [-0.2, -0.15) is 10.1 Å². The zero-order valence-electron chi connectivity index (χ0n) is 13.9. The summed E-state index contributed by atoms with van der Waals surface area (Å²) in [6.07, 6.45) is 1.75. The number of ether oxygens (including phenoxy) is 1. The van der Waals surface area contributed by atoms with Gasteiger partial charge < -0.3 is 14.2 Å². The number of hydrogen-bond acceptors (Lipinski definition) is 6. The van der Waals surface area contributed by atoms with E-state index in [-0.39, 0.29) is 18.6 Å². The Morgan fingerprint density at radius 2 is 2.32 bits per heavy atom. The number of likely N-dealkylation sites (tertiary alicyclic amines) is 1. The topological polar surface area (TPSA) is 97.1 Å². The van der Waals surface area contributed by atoms with Crippen molar-refractivity contribution in [2.45, 2.75) is 32.5 Å². The largest absolute Gasteiger partial charge is 0.367 e. The molecule has 0 radical (unpaired) electrons. The molecule has 1 unspecified atom stereocenters. The SMILES string of the molecule is Cc1noc(COC2CCCN(C(=O)c3n[nH]c4ccccc34)C2)n1. The fraction of sp³-hybridized carbons (Fsp3) is 0.412. The maximum Gasteiger partial charge on any atom is 0.275 e. The van der Waals surface area contributed by atoms with Gasteiger partial charge in [0, 0.05) is 18.5 Å². The van der Waals surface area contributed by atoms with Crippen LogP contribution >= 0.6 is 0 Å². The quantitative estimate of drug-likeness (QED) is 0.780. The van der Waals surface area contributed by atoms with Crippen molar-refractivity contribution in [2.24, 2.45) is 0 Å². The van der Waals surface area contributed by atoms with Crippen molar-refractivity contribution in [3.63, 3.8) is 0 Å². The van der Waals surface area contributed by atoms with E-state index in [9.17, 15) is 4.79 Å². The fourth-order valence-electron chi connectivity index (χ4n) is 3.12. The molecule has 1 atom stereocenters. The summed E-state index contributed by atoms with van der Waals surface area (Å²) in [6.45, 7) is 3.27. The van der Waals surface area contributed by atoms with Crippen LogP contribution in [0.5, 0.6) is 0 Å². The summed E-state index contributed by atoms with van der Waals surface area (Å²) in [7, 11) is 0. The Hall–Kier alpha value is -2.74. The molecule has 3 aromatic rings. The molecule has 2 aromatic heterocycles. The van der Waals surface area contributed by atoms with Crippen LogP contribution in [0.15, 0.2) is 28.8 Å². The van der Waals surface area contributed by atoms with Crippen LogP contribution in [-0.4, -0.2) is 50.3 Å². The third kappa shape index (κ3) is 3.25. The van der Waals surface area contributed by atoms with Gasteiger partial charge in [0.25, 0.3) is 11.8 Å². The number of H-pyrrole nitrogens is 1. The predicted molar refractivity (Wildman–Crippen MR) is 88.8 cm³/mol. The molecule has 3 heterocycles. The number of aryl methyl sites for hydroxylation is 1. The lowest BCUT2D eigenvalue weighted by Gasteiger charge is -2.32. The first kappa shape index (κ1) is 15.8. The highest BCUT2D eigenvalue weighted by Gasteiger charge is 2.27. The first-order chi connectivity index (χ1) is 12.2. The van der Waals surface area contributed by atoms with Crippen molar-refractivity contribution >= 4 is 16.8 Å². The van der Waals surface area contributed by atoms with Crippen molar-refractivity contribution in [1.82, 2.24) is 25.2 Å². The highest BCUT2D eigenvalue weighted by atomic mass is 16.5. The second-order valence-electron chi connectivity index (χ2n) is 6.18. The third-order valence-corrected chi connectivity index (χ3v) is 4.35. The number of aromatic amines is 1. The Bertz CT molecular complexity index is 887. The van der Waals surface area contributed by atoms with Crippen LogP contribution in [0.4, 0.5) is 0 Å². The number of benzene rings is 1. The van der Waals surface area contributed by atoms with Gasteiger partial charge in [0.15, 0.2) is 11.5 Å². The number of aromatic nitrogens is 4. The molecule has 8 heteroatoms. The number of piperidine rings is 1. The number of rotatable bonds is 4. The zero-order chi connectivity index (χ0) is 17.2. The van der Waals surface area contributed by atoms with E-state index < -0.39 is 0 Å². The molecule has 1 aromatic carbocycles. The first-order valence-electron chi connectivity index (χ1n) is 8.34. The molecule has 0 bridgehead atoms. The van der Waals surface area contributed by atoms with Gasteiger partial charge in [-0.1, -0.05) is 23.4 Å². The van der Waals surface area contributed by atoms with Gasteiger partial charge in [-0.15, -0.1) is 0 Å². The third-order valence-electron chi connectivity index (χ3n) is 4.35. The average Bonchev–Trinajstić information content (AvgIpc) is 3.26. The zero-order valence-corrected chi connectivity index (χ0v) is 13.9. The predicted octanol–water partition coefficient (Wildman–Crippen LogP) is 2.08. The Balaban J connectivity index is 1.42. The van der Waals surface area contributed by atoms with Crippen molar-refractivity contribution in [2.75, 3.05) is 13.1 Å². The van der Waals surface area contributed by atoms with Crippen LogP contribution in [0.1, 0.15) is 35.0 Å². The lowest BCUT2D eigenvalue weighted by molar-refractivity contribution is -0.0154. The van der Waals surface area contributed by atoms with Crippen molar-refractivity contribution in [1.29, 1.82) is 0 Å². The van der Waals surface area contributed by atoms with Gasteiger partial charge in [0.1, 0.15) is 6.61 Å². The summed E-state index contributed by atoms with van der Waals surface area (Å²) >= 11 is 0. The standard InChI is InChI=1S/C17H19N5O3/c1-11-18-15(25-21-11)10-24-12-5-4-8-22(9-12)17(23)16-13-6-2-3-7-14(13)19-20-16/h2-3,6-7,12H,4-5,8-10H2,1H3,(H,19,20). The Morgan fingerprint density at radius 1 is 1.44 bits per heavy atom. The van der Waals surface area contributed by atoms with E-state index in [0.29, 0.717) is 30.5 Å². The lowest BCUT2D eigenvalue weighted by Crippen LogP contribution is -2.43. The van der Waals surface area contributed by atoms with E-state index in [4.69, 9.17) is 9.26 Å². The molecule has 4 rings (SSSR count). The number of carbonyl (C=O) groups excluding carboxylic acids is 1. The van der Waals surface area contributed by atoms with Crippen LogP contribution in [0.2, 0.25) is 0 Å². The number of nitrogens with zero attached hydrogens (tertiary/aromatic N) is 4. The maximum atomic E-state index is 12.8. The van der Waals surface area contributed by atoms with Gasteiger partial charge >= 0.3 is 0 Å². The number of carbonyl (C=O) groups is 1. The summed E-state index contributed by atoms with van der Waals surface area (Å²) in [5.41, 5.74) is 1.33. The highest BCUT2D eigenvalue weighted by Crippen LogP contribution is 2.21. The highest BCUT2D eigenvalue weighted by molar-refractivity contribution is 6.04. The van der Waals surface area contributed by atoms with E-state index in [0.717, 1.165) is 23.7 Å². The molecule has 0 saturated carbocycles. The fourth-order valence-corrected chi connectivity index (χ4v) is 3.12. The van der Waals surface area contributed by atoms with Gasteiger partial charge in [0.2, 0.25) is 0 Å². The minimum Gasteiger partial charge on any atom is -0.367 e. The number of para-hydroxylation sites is 1. The molecule has 130 valence electrons. The van der Waals surface area contributed by atoms with Crippen molar-refractivity contribution < 1.29 is 14.1 Å². The number of hydrogen-bond donors (Lipinski definition) is 1. The Labute approximate surface area is 144 Å². The molecule has 1 N–H and O–H groups in total. The first-order valence-corrected chi connectivity index (χ1v) is 8.34. The molecule has 1 aliphatic rings. The smallest absolute Gasteiger partial charge is 0.275 e. The molecule has 8 nitrogen and oxygen atoms in total. The summed E-state index contributed by atoms with van der Waals surface area (Å²) < 4.78 is 10.9. The Morgan fingerprint density at radius 3 is 3.16 bits per heavy atom. The van der Waals surface area contributed by atoms with Crippen molar-refractivity contribution in [3.8, 4) is 0 Å². The van der Waals surface area contributed by atoms with E-state index >= 15 is 0 Å². The van der Waals surface area contributed by atoms with E-state index in [1.54, 1.807) is 11.8 Å². The molecular weight excluding hydrogens is 322 g/mol. The van der Waals surface area contributed by atoms with Gasteiger partial charge in [-0.3, -0.25) is 9.89 Å². The second kappa shape index (κ2) is 6.64. The molecule has 25 heavy (non-hydrogen) atoms. The molecule has 1 aliphatic heterocycles. The minimum absolute atomic E-state index is 0.0462. The van der Waals surface area contributed by atoms with Gasteiger partial charge in [0.05, 0.1) is 11.6 Å². The van der Waals surface area contributed by atoms with Gasteiger partial charge in [-0.25, -0.2) is 0 Å². The van der Waals surface area contributed by atoms with Gasteiger partial charge in [-0.05, 0) is 25.8 Å². The Kier molecular flexibility index (Phi) is 4.19. The number of amides is 1. The summed E-state index contributed by atoms with van der Waals surface area (Å²) in [5.74, 6) is 0.975. The molecule has 0 spiro atoms. The number of fused-ring (bicyclic) bond motifs is 1. The monoisotopic (exact) mass is 341 g/mol. The van der Waals surface area contributed by atoms with Crippen LogP contribution in [-0.2, 0) is 11.3 Å². The summed E-state index contributed by atoms with van der Waals surface area (Å²) in [5, 5.41) is 11.7. The lowest BCUT2D eigenvalue weighted by atomic mass is 10.1. The van der Waals surface area contributed by atoms with Crippen molar-refractivity contribution in [3.05, 3.63) is 41.7 Å². The van der Waals surface area contributed by atoms with Crippen LogP contribution in [0, 0.1) is 6.92 Å². The van der Waals surface area contributed by atoms with Crippen LogP contribution in [0.3, 0.4) is 0 Å². The molecule has 1 amide bonds. The molecular formula is C17H19N5O3. The second-order valence-corrected chi connectivity index (χ2v) is 6.18. The molecule has 0 aliphatic carbocycles. The normalized spacial score (nSPS) is 18.0. The van der Waals surface area contributed by atoms with E-state index in [2.05, 4.69) is 20.3 Å². The summed E-state index contributed by atoms with van der Waals surface area (Å²) in [6, 6.07) is 7.64. The number of nitrogens with one attached hydrogen (secondary N) is 1. The average molecular weight is 341 g/mol. The van der Waals surface area contributed by atoms with E-state index in [1.807, 2.05) is 24.3 Å².